The molecule has 7 rings (SSSR count). The molecular weight excluding hydrogens is 775 g/mol. The molecule has 4 aliphatic rings. The Bertz CT molecular complexity index is 2250. The second kappa shape index (κ2) is 15.7. The number of cyclic esters (lactones) is 1. The first kappa shape index (κ1) is 41.9. The SMILES string of the molecule is C=C[C@@H]1C[C@]1(NC(=O)[C@@H]1C[C@@H]2CN1C(=O)[C@H](C(C)(C)C)NC(=O)OC(C)(C)CCCCc1cc(ccc1OC)-c1nn2nc1-c1ccccc1)C(=O)NS(=O)(=O)C1CC1. The summed E-state index contributed by atoms with van der Waals surface area (Å²) < 4.78 is 39.5. The summed E-state index contributed by atoms with van der Waals surface area (Å²) >= 11 is 0. The lowest BCUT2D eigenvalue weighted by atomic mass is 9.85. The number of aromatic nitrogens is 3. The Morgan fingerprint density at radius 3 is 2.36 bits per heavy atom. The molecule has 0 unspecified atom stereocenters. The van der Waals surface area contributed by atoms with Gasteiger partial charge in [0, 0.05) is 30.0 Å². The number of sulfonamides is 1. The van der Waals surface area contributed by atoms with Crippen molar-refractivity contribution in [3.8, 4) is 28.3 Å². The van der Waals surface area contributed by atoms with Crippen LogP contribution in [0.25, 0.3) is 22.5 Å². The van der Waals surface area contributed by atoms with Gasteiger partial charge < -0.3 is 25.0 Å². The molecule has 2 saturated carbocycles. The number of nitrogens with zero attached hydrogens (tertiary/aromatic N) is 4. The number of benzene rings is 2. The largest absolute Gasteiger partial charge is 0.496 e. The molecule has 0 spiro atoms. The zero-order valence-electron chi connectivity index (χ0n) is 34.6. The van der Waals surface area contributed by atoms with E-state index >= 15 is 0 Å². The van der Waals surface area contributed by atoms with Gasteiger partial charge in [0.05, 0.1) is 18.4 Å². The minimum Gasteiger partial charge on any atom is -0.496 e. The van der Waals surface area contributed by atoms with Gasteiger partial charge in [0.25, 0.3) is 5.91 Å². The predicted molar refractivity (Wildman–Crippen MR) is 220 cm³/mol. The summed E-state index contributed by atoms with van der Waals surface area (Å²) in [4.78, 5) is 59.7. The quantitative estimate of drug-likeness (QED) is 0.258. The van der Waals surface area contributed by atoms with Crippen molar-refractivity contribution in [1.29, 1.82) is 0 Å². The van der Waals surface area contributed by atoms with Gasteiger partial charge in [0.15, 0.2) is 0 Å². The van der Waals surface area contributed by atoms with Crippen molar-refractivity contribution >= 4 is 33.8 Å². The van der Waals surface area contributed by atoms with Gasteiger partial charge in [-0.3, -0.25) is 19.1 Å². The highest BCUT2D eigenvalue weighted by Gasteiger charge is 2.62. The summed E-state index contributed by atoms with van der Waals surface area (Å²) in [7, 11) is -2.28. The minimum atomic E-state index is -3.92. The average Bonchev–Trinajstić information content (AvgIpc) is 4.07. The topological polar surface area (TPSA) is 191 Å². The fourth-order valence-electron chi connectivity index (χ4n) is 8.21. The number of methoxy groups -OCH3 is 1. The predicted octanol–water partition coefficient (Wildman–Crippen LogP) is 5.08. The third kappa shape index (κ3) is 8.73. The summed E-state index contributed by atoms with van der Waals surface area (Å²) in [5.74, 6) is -1.82. The number of hydrogen-bond donors (Lipinski definition) is 3. The number of rotatable bonds is 8. The lowest BCUT2D eigenvalue weighted by Gasteiger charge is -2.36. The van der Waals surface area contributed by atoms with Gasteiger partial charge in [0.1, 0.15) is 40.4 Å². The van der Waals surface area contributed by atoms with Gasteiger partial charge in [0.2, 0.25) is 21.8 Å². The third-order valence-electron chi connectivity index (χ3n) is 11.9. The maximum Gasteiger partial charge on any atom is 0.408 e. The van der Waals surface area contributed by atoms with Crippen LogP contribution in [0.3, 0.4) is 0 Å². The van der Waals surface area contributed by atoms with Crippen LogP contribution in [0.1, 0.15) is 91.2 Å². The zero-order valence-corrected chi connectivity index (χ0v) is 35.4. The van der Waals surface area contributed by atoms with E-state index in [-0.39, 0.29) is 19.4 Å². The van der Waals surface area contributed by atoms with Crippen molar-refractivity contribution in [2.75, 3.05) is 13.7 Å². The molecule has 3 N–H and O–H groups in total. The fourth-order valence-corrected chi connectivity index (χ4v) is 9.58. The van der Waals surface area contributed by atoms with E-state index in [9.17, 15) is 27.6 Å². The summed E-state index contributed by atoms with van der Waals surface area (Å²) in [6.07, 6.45) is 4.64. The van der Waals surface area contributed by atoms with Crippen LogP contribution in [-0.4, -0.2) is 94.3 Å². The number of aryl methyl sites for hydroxylation is 1. The van der Waals surface area contributed by atoms with Gasteiger partial charge in [-0.2, -0.15) is 15.0 Å². The molecule has 3 heterocycles. The van der Waals surface area contributed by atoms with E-state index in [0.29, 0.717) is 37.1 Å². The van der Waals surface area contributed by atoms with Crippen molar-refractivity contribution in [2.45, 2.75) is 121 Å². The highest BCUT2D eigenvalue weighted by atomic mass is 32.2. The van der Waals surface area contributed by atoms with Crippen LogP contribution in [0.2, 0.25) is 0 Å². The number of fused-ring (bicyclic) bond motifs is 8. The van der Waals surface area contributed by atoms with E-state index in [1.165, 1.54) is 11.0 Å². The third-order valence-corrected chi connectivity index (χ3v) is 13.7. The second-order valence-electron chi connectivity index (χ2n) is 18.0. The molecule has 16 heteroatoms. The number of hydrogen-bond acceptors (Lipinski definition) is 10. The number of nitrogens with one attached hydrogen (secondary N) is 3. The van der Waals surface area contributed by atoms with Crippen LogP contribution in [0, 0.1) is 11.3 Å². The number of amides is 4. The molecule has 6 bridgehead atoms. The van der Waals surface area contributed by atoms with Crippen molar-refractivity contribution < 1.29 is 37.1 Å². The van der Waals surface area contributed by atoms with Crippen LogP contribution in [0.4, 0.5) is 4.79 Å². The summed E-state index contributed by atoms with van der Waals surface area (Å²) in [6.45, 7) is 12.9. The average molecular weight is 830 g/mol. The van der Waals surface area contributed by atoms with Crippen LogP contribution in [0.5, 0.6) is 5.75 Å². The first-order chi connectivity index (χ1) is 27.9. The molecule has 3 fully saturated rings. The van der Waals surface area contributed by atoms with E-state index < -0.39 is 79.7 Å². The molecule has 2 aromatic carbocycles. The van der Waals surface area contributed by atoms with Gasteiger partial charge in [-0.25, -0.2) is 13.2 Å². The smallest absolute Gasteiger partial charge is 0.408 e. The Morgan fingerprint density at radius 2 is 1.73 bits per heavy atom. The van der Waals surface area contributed by atoms with E-state index in [1.807, 2.05) is 77.1 Å². The first-order valence-electron chi connectivity index (χ1n) is 20.4. The van der Waals surface area contributed by atoms with Crippen LogP contribution in [0.15, 0.2) is 61.2 Å². The number of carbonyl (C=O) groups is 4. The molecule has 2 aliphatic heterocycles. The maximum atomic E-state index is 14.9. The second-order valence-corrected chi connectivity index (χ2v) is 19.9. The highest BCUT2D eigenvalue weighted by Crippen LogP contribution is 2.46. The van der Waals surface area contributed by atoms with E-state index in [0.717, 1.165) is 35.3 Å². The molecule has 1 saturated heterocycles. The maximum absolute atomic E-state index is 14.9. The Hall–Kier alpha value is -5.25. The molecular formula is C43H55N7O8S. The van der Waals surface area contributed by atoms with Crippen molar-refractivity contribution in [3.63, 3.8) is 0 Å². The van der Waals surface area contributed by atoms with Gasteiger partial charge in [-0.1, -0.05) is 57.2 Å². The molecule has 59 heavy (non-hydrogen) atoms. The van der Waals surface area contributed by atoms with Crippen molar-refractivity contribution in [2.24, 2.45) is 11.3 Å². The minimum absolute atomic E-state index is 0.0118. The molecule has 2 aliphatic carbocycles. The molecule has 4 amide bonds. The Labute approximate surface area is 345 Å². The Kier molecular flexibility index (Phi) is 11.2. The van der Waals surface area contributed by atoms with Crippen LogP contribution < -0.4 is 20.1 Å². The number of carbonyl (C=O) groups excluding carboxylic acids is 4. The highest BCUT2D eigenvalue weighted by molar-refractivity contribution is 7.91. The normalized spacial score (nSPS) is 26.0. The molecule has 15 nitrogen and oxygen atoms in total. The van der Waals surface area contributed by atoms with E-state index in [4.69, 9.17) is 19.7 Å². The standard InChI is InChI=1S/C43H55N7O8S/c1-8-29-24-43(29,39(53)48-59(55,56)31-18-19-31)45-37(51)32-23-30-25-49(32)38(52)36(41(2,3)4)44-40(54)58-42(5,6)21-13-12-16-27-22-28(17-20-33(27)57-7)35-34(46-50(30)47-35)26-14-10-9-11-15-26/h8-11,14-15,17,20,22,29-32,36H,1,12-13,16,18-19,21,23-25H2,2-7H3,(H,44,54)(H,45,51)(H,48,53)/t29-,30-,32+,36-,43-/m1/s1. The molecule has 316 valence electrons. The summed E-state index contributed by atoms with van der Waals surface area (Å²) in [5, 5.41) is 15.1. The number of ether oxygens (including phenoxy) is 2. The molecule has 5 atom stereocenters. The zero-order chi connectivity index (χ0) is 42.5. The Balaban J connectivity index is 1.31. The van der Waals surface area contributed by atoms with E-state index in [2.05, 4.69) is 28.0 Å². The lowest BCUT2D eigenvalue weighted by molar-refractivity contribution is -0.143. The molecule has 0 radical (unpaired) electrons. The lowest BCUT2D eigenvalue weighted by Crippen LogP contribution is -2.60. The van der Waals surface area contributed by atoms with Gasteiger partial charge >= 0.3 is 6.09 Å². The van der Waals surface area contributed by atoms with E-state index in [1.54, 1.807) is 11.9 Å². The van der Waals surface area contributed by atoms with Gasteiger partial charge in [-0.15, -0.1) is 6.58 Å². The van der Waals surface area contributed by atoms with Crippen molar-refractivity contribution in [3.05, 3.63) is 66.7 Å². The van der Waals surface area contributed by atoms with Crippen LogP contribution >= 0.6 is 0 Å². The summed E-state index contributed by atoms with van der Waals surface area (Å²) in [5.41, 5.74) is 0.578. The first-order valence-corrected chi connectivity index (χ1v) is 21.9. The van der Waals surface area contributed by atoms with Crippen molar-refractivity contribution in [1.82, 2.24) is 35.2 Å². The summed E-state index contributed by atoms with van der Waals surface area (Å²) in [6, 6.07) is 12.6. The number of alkyl carbamates (subject to hydrolysis) is 1. The Morgan fingerprint density at radius 1 is 1.03 bits per heavy atom. The molecule has 3 aromatic rings. The monoisotopic (exact) mass is 829 g/mol. The fraction of sp³-hybridized carbons (Fsp3) is 0.535. The van der Waals surface area contributed by atoms with Gasteiger partial charge in [-0.05, 0) is 88.0 Å². The van der Waals surface area contributed by atoms with Crippen LogP contribution in [-0.2, 0) is 35.6 Å². The molecule has 1 aromatic heterocycles.